The van der Waals surface area contributed by atoms with Gasteiger partial charge in [-0.25, -0.2) is 0 Å². The number of carbonyl (C=O) groups is 1. The number of hydrogen-bond acceptors (Lipinski definition) is 1. The highest BCUT2D eigenvalue weighted by Gasteiger charge is 1.96. The highest BCUT2D eigenvalue weighted by Crippen LogP contribution is 2.01. The zero-order chi connectivity index (χ0) is 9.90. The third-order valence-electron chi connectivity index (χ3n) is 1.29. The Balaban J connectivity index is 2.75. The molecule has 0 bridgehead atoms. The summed E-state index contributed by atoms with van der Waals surface area (Å²) in [4.78, 5) is 10.5. The van der Waals surface area contributed by atoms with Crippen LogP contribution in [-0.4, -0.2) is 11.1 Å². The van der Waals surface area contributed by atoms with E-state index in [1.165, 1.54) is 0 Å². The molecule has 58 valence electrons. The molecule has 0 atom stereocenters. The monoisotopic (exact) mass is 152 g/mol. The molecule has 0 aliphatic heterocycles. The smallest absolute Gasteiger partial charge is 0.303 e. The van der Waals surface area contributed by atoms with E-state index in [0.29, 0.717) is 5.56 Å². The molecule has 0 amide bonds. The van der Waals surface area contributed by atoms with E-state index in [4.69, 9.17) is 7.85 Å². The van der Waals surface area contributed by atoms with Gasteiger partial charge in [0.25, 0.3) is 0 Å². The lowest BCUT2D eigenvalue weighted by molar-refractivity contribution is -0.136. The zero-order valence-corrected chi connectivity index (χ0v) is 5.95. The van der Waals surface area contributed by atoms with E-state index in [-0.39, 0.29) is 6.42 Å². The second-order valence-electron chi connectivity index (χ2n) is 2.14. The molecule has 0 aliphatic rings. The highest BCUT2D eigenvalue weighted by molar-refractivity contribution is 5.67. The summed E-state index contributed by atoms with van der Waals surface area (Å²) in [5.41, 5.74) is 0.690. The van der Waals surface area contributed by atoms with Crippen molar-refractivity contribution in [3.8, 4) is 0 Å². The Bertz CT molecular complexity index is 296. The molecule has 1 aromatic carbocycles. The summed E-state index contributed by atoms with van der Waals surface area (Å²) in [6.07, 6.45) is -2.27. The molecule has 0 aromatic heterocycles. The maximum absolute atomic E-state index is 10.5. The molecule has 0 radical (unpaired) electrons. The SMILES string of the molecule is [2H]C([2H])(Cc1ccccc1)C(=O)O. The zero-order valence-electron chi connectivity index (χ0n) is 7.95. The molecule has 0 unspecified atom stereocenters. The Labute approximate surface area is 68.3 Å². The van der Waals surface area contributed by atoms with E-state index in [1.54, 1.807) is 30.3 Å². The standard InChI is InChI=1S/C9H10O2/c10-9(11)7-6-8-4-2-1-3-5-8/h1-5H,6-7H2,(H,10,11)/i7D2. The Kier molecular flexibility index (Phi) is 1.83. The van der Waals surface area contributed by atoms with Crippen molar-refractivity contribution in [3.05, 3.63) is 35.9 Å². The van der Waals surface area contributed by atoms with Crippen molar-refractivity contribution in [3.63, 3.8) is 0 Å². The van der Waals surface area contributed by atoms with Crippen LogP contribution in [0, 0.1) is 0 Å². The van der Waals surface area contributed by atoms with Crippen molar-refractivity contribution < 1.29 is 12.6 Å². The highest BCUT2D eigenvalue weighted by atomic mass is 16.4. The average Bonchev–Trinajstić information content (AvgIpc) is 2.05. The van der Waals surface area contributed by atoms with E-state index < -0.39 is 12.3 Å². The Morgan fingerprint density at radius 1 is 1.45 bits per heavy atom. The molecule has 1 N–H and O–H groups in total. The molecule has 0 spiro atoms. The van der Waals surface area contributed by atoms with Crippen molar-refractivity contribution in [2.75, 3.05) is 0 Å². The molecule has 1 rings (SSSR count). The fourth-order valence-electron chi connectivity index (χ4n) is 0.774. The summed E-state index contributed by atoms with van der Waals surface area (Å²) in [5.74, 6) is -1.42. The van der Waals surface area contributed by atoms with Crippen LogP contribution in [0.2, 0.25) is 0 Å². The first-order valence-electron chi connectivity index (χ1n) is 4.30. The number of carboxylic acid groups (broad SMARTS) is 1. The van der Waals surface area contributed by atoms with Crippen LogP contribution in [0.5, 0.6) is 0 Å². The van der Waals surface area contributed by atoms with Crippen LogP contribution in [0.4, 0.5) is 0 Å². The van der Waals surface area contributed by atoms with Crippen LogP contribution in [0.15, 0.2) is 30.3 Å². The molecular weight excluding hydrogens is 140 g/mol. The minimum atomic E-state index is -2.18. The van der Waals surface area contributed by atoms with Crippen LogP contribution in [-0.2, 0) is 11.2 Å². The van der Waals surface area contributed by atoms with Gasteiger partial charge in [0, 0.05) is 9.11 Å². The summed E-state index contributed by atoms with van der Waals surface area (Å²) in [5, 5.41) is 8.53. The van der Waals surface area contributed by atoms with Crippen LogP contribution >= 0.6 is 0 Å². The van der Waals surface area contributed by atoms with Gasteiger partial charge in [0.15, 0.2) is 0 Å². The Morgan fingerprint density at radius 3 is 2.64 bits per heavy atom. The van der Waals surface area contributed by atoms with E-state index in [9.17, 15) is 4.79 Å². The molecule has 2 nitrogen and oxygen atoms in total. The quantitative estimate of drug-likeness (QED) is 0.715. The normalized spacial score (nSPS) is 13.5. The third kappa shape index (κ3) is 2.85. The van der Waals surface area contributed by atoms with Gasteiger partial charge in [-0.2, -0.15) is 0 Å². The molecule has 1 aromatic rings. The van der Waals surface area contributed by atoms with Gasteiger partial charge in [0.1, 0.15) is 0 Å². The summed E-state index contributed by atoms with van der Waals surface area (Å²) in [7, 11) is 0. The van der Waals surface area contributed by atoms with Crippen LogP contribution in [0.1, 0.15) is 14.7 Å². The van der Waals surface area contributed by atoms with Crippen LogP contribution in [0.3, 0.4) is 0 Å². The maximum atomic E-state index is 10.5. The average molecular weight is 152 g/mol. The number of aliphatic carboxylic acids is 1. The lowest BCUT2D eigenvalue weighted by Gasteiger charge is -1.95. The van der Waals surface area contributed by atoms with E-state index in [1.807, 2.05) is 0 Å². The third-order valence-corrected chi connectivity index (χ3v) is 1.29. The second kappa shape index (κ2) is 3.76. The van der Waals surface area contributed by atoms with Gasteiger partial charge in [0.2, 0.25) is 0 Å². The van der Waals surface area contributed by atoms with Gasteiger partial charge in [-0.05, 0) is 12.0 Å². The molecule has 11 heavy (non-hydrogen) atoms. The summed E-state index contributed by atoms with van der Waals surface area (Å²) >= 11 is 0. The van der Waals surface area contributed by atoms with Crippen LogP contribution < -0.4 is 0 Å². The number of carboxylic acids is 1. The predicted molar refractivity (Wildman–Crippen MR) is 42.4 cm³/mol. The second-order valence-corrected chi connectivity index (χ2v) is 2.14. The first kappa shape index (κ1) is 5.35. The Hall–Kier alpha value is -1.31. The van der Waals surface area contributed by atoms with Crippen molar-refractivity contribution >= 4 is 5.97 Å². The van der Waals surface area contributed by atoms with Gasteiger partial charge in [-0.3, -0.25) is 4.79 Å². The van der Waals surface area contributed by atoms with Gasteiger partial charge in [0.05, 0.1) is 0 Å². The molecular formula is C9H10O2. The number of benzene rings is 1. The molecule has 0 aliphatic carbocycles. The lowest BCUT2D eigenvalue weighted by atomic mass is 10.1. The van der Waals surface area contributed by atoms with Gasteiger partial charge >= 0.3 is 5.97 Å². The fourth-order valence-corrected chi connectivity index (χ4v) is 0.774. The van der Waals surface area contributed by atoms with E-state index in [0.717, 1.165) is 0 Å². The maximum Gasteiger partial charge on any atom is 0.303 e. The lowest BCUT2D eigenvalue weighted by Crippen LogP contribution is -1.96. The summed E-state index contributed by atoms with van der Waals surface area (Å²) in [6.45, 7) is 0. The van der Waals surface area contributed by atoms with Crippen molar-refractivity contribution in [2.24, 2.45) is 0 Å². The molecule has 0 heterocycles. The number of rotatable bonds is 3. The first-order chi connectivity index (χ1) is 6.02. The molecule has 0 saturated heterocycles. The minimum Gasteiger partial charge on any atom is -0.481 e. The van der Waals surface area contributed by atoms with Crippen molar-refractivity contribution in [1.29, 1.82) is 0 Å². The van der Waals surface area contributed by atoms with E-state index in [2.05, 4.69) is 0 Å². The number of hydrogen-bond donors (Lipinski definition) is 1. The molecule has 0 saturated carbocycles. The fraction of sp³-hybridized carbons (Fsp3) is 0.222. The van der Waals surface area contributed by atoms with Crippen molar-refractivity contribution in [1.82, 2.24) is 0 Å². The van der Waals surface area contributed by atoms with Crippen LogP contribution in [0.25, 0.3) is 0 Å². The molecule has 0 fully saturated rings. The summed E-state index contributed by atoms with van der Waals surface area (Å²) < 4.78 is 14.4. The van der Waals surface area contributed by atoms with Gasteiger partial charge in [-0.1, -0.05) is 30.3 Å². The first-order valence-corrected chi connectivity index (χ1v) is 3.30. The Morgan fingerprint density at radius 2 is 2.09 bits per heavy atom. The van der Waals surface area contributed by atoms with E-state index >= 15 is 0 Å². The van der Waals surface area contributed by atoms with Gasteiger partial charge < -0.3 is 5.11 Å². The largest absolute Gasteiger partial charge is 0.481 e. The van der Waals surface area contributed by atoms with Gasteiger partial charge in [-0.15, -0.1) is 0 Å². The molecule has 2 heteroatoms. The summed E-state index contributed by atoms with van der Waals surface area (Å²) in [6, 6.07) is 8.74. The predicted octanol–water partition coefficient (Wildman–Crippen LogP) is 1.70. The minimum absolute atomic E-state index is 0.0941. The van der Waals surface area contributed by atoms with Crippen molar-refractivity contribution in [2.45, 2.75) is 12.8 Å². The number of aryl methyl sites for hydroxylation is 1. The topological polar surface area (TPSA) is 37.3 Å².